The first kappa shape index (κ1) is 24.7. The third kappa shape index (κ3) is 5.36. The van der Waals surface area contributed by atoms with E-state index in [0.29, 0.717) is 22.6 Å². The molecule has 35 heavy (non-hydrogen) atoms. The van der Waals surface area contributed by atoms with Gasteiger partial charge in [-0.25, -0.2) is 24.2 Å². The third-order valence-electron chi connectivity index (χ3n) is 4.80. The monoisotopic (exact) mass is 487 g/mol. The molecule has 0 saturated carbocycles. The van der Waals surface area contributed by atoms with E-state index in [0.717, 1.165) is 10.9 Å². The topological polar surface area (TPSA) is 170 Å². The zero-order valence-electron chi connectivity index (χ0n) is 17.8. The molecule has 0 aliphatic carbocycles. The number of H-pyrrole nitrogens is 1. The van der Waals surface area contributed by atoms with Crippen molar-refractivity contribution in [3.63, 3.8) is 0 Å². The van der Waals surface area contributed by atoms with Gasteiger partial charge in [-0.05, 0) is 30.7 Å². The Bertz CT molecular complexity index is 1420. The molecule has 4 N–H and O–H groups in total. The molecule has 0 aliphatic heterocycles. The summed E-state index contributed by atoms with van der Waals surface area (Å²) in [6, 6.07) is 10.8. The fourth-order valence-electron chi connectivity index (χ4n) is 3.06. The Hall–Kier alpha value is -4.93. The number of aromatic amines is 1. The van der Waals surface area contributed by atoms with E-state index in [2.05, 4.69) is 31.4 Å². The molecule has 11 nitrogen and oxygen atoms in total. The quantitative estimate of drug-likeness (QED) is 0.336. The Morgan fingerprint density at radius 1 is 1.20 bits per heavy atom. The van der Waals surface area contributed by atoms with Crippen LogP contribution in [0, 0.1) is 11.3 Å². The molecular weight excluding hydrogens is 471 g/mol. The van der Waals surface area contributed by atoms with Crippen LogP contribution in [0.3, 0.4) is 0 Å². The van der Waals surface area contributed by atoms with Gasteiger partial charge in [-0.2, -0.15) is 23.5 Å². The minimum atomic E-state index is -5.08. The molecule has 4 aromatic rings. The van der Waals surface area contributed by atoms with E-state index in [1.165, 1.54) is 6.33 Å². The van der Waals surface area contributed by atoms with Gasteiger partial charge in [0.15, 0.2) is 5.54 Å². The van der Waals surface area contributed by atoms with Crippen LogP contribution in [0.1, 0.15) is 12.5 Å². The van der Waals surface area contributed by atoms with Crippen LogP contribution in [0.4, 0.5) is 23.7 Å². The number of carboxylic acid groups (broad SMARTS) is 2. The second-order valence-electron chi connectivity index (χ2n) is 7.13. The zero-order valence-corrected chi connectivity index (χ0v) is 17.8. The predicted octanol–water partition coefficient (Wildman–Crippen LogP) is 3.83. The highest BCUT2D eigenvalue weighted by Gasteiger charge is 2.38. The van der Waals surface area contributed by atoms with Crippen molar-refractivity contribution in [3.8, 4) is 17.3 Å². The van der Waals surface area contributed by atoms with Gasteiger partial charge in [0.2, 0.25) is 0 Å². The summed E-state index contributed by atoms with van der Waals surface area (Å²) in [6.45, 7) is 1.72. The van der Waals surface area contributed by atoms with Gasteiger partial charge in [-0.3, -0.25) is 5.32 Å². The molecule has 0 fully saturated rings. The lowest BCUT2D eigenvalue weighted by molar-refractivity contribution is -0.192. The molecule has 0 bridgehead atoms. The molecule has 0 spiro atoms. The summed E-state index contributed by atoms with van der Waals surface area (Å²) in [6.07, 6.45) is 0.388. The number of carbonyl (C=O) groups is 2. The van der Waals surface area contributed by atoms with Crippen LogP contribution in [-0.2, 0) is 10.3 Å². The Morgan fingerprint density at radius 3 is 2.54 bits per heavy atom. The molecule has 0 radical (unpaired) electrons. The number of nitrogens with one attached hydrogen (secondary N) is 2. The van der Waals surface area contributed by atoms with Gasteiger partial charge in [0.1, 0.15) is 12.0 Å². The molecule has 1 aromatic carbocycles. The smallest absolute Gasteiger partial charge is 0.475 e. The van der Waals surface area contributed by atoms with E-state index in [1.54, 1.807) is 54.5 Å². The number of anilines is 1. The molecule has 180 valence electrons. The first-order chi connectivity index (χ1) is 16.5. The number of alkyl halides is 3. The number of amides is 1. The maximum absolute atomic E-state index is 10.9. The molecule has 4 rings (SSSR count). The van der Waals surface area contributed by atoms with E-state index < -0.39 is 23.8 Å². The number of rotatable bonds is 4. The second kappa shape index (κ2) is 9.51. The van der Waals surface area contributed by atoms with Crippen molar-refractivity contribution in [3.05, 3.63) is 60.8 Å². The molecule has 0 aliphatic rings. The number of carboxylic acids is 1. The number of hydrogen-bond donors (Lipinski definition) is 4. The lowest BCUT2D eigenvalue weighted by Gasteiger charge is -2.23. The second-order valence-corrected chi connectivity index (χ2v) is 7.13. The number of hydrogen-bond acceptors (Lipinski definition) is 6. The summed E-state index contributed by atoms with van der Waals surface area (Å²) >= 11 is 0. The van der Waals surface area contributed by atoms with Crippen molar-refractivity contribution in [2.24, 2.45) is 0 Å². The summed E-state index contributed by atoms with van der Waals surface area (Å²) in [5.41, 5.74) is 2.01. The van der Waals surface area contributed by atoms with Gasteiger partial charge >= 0.3 is 18.2 Å². The number of fused-ring (bicyclic) bond motifs is 1. The fraction of sp³-hybridized carbons (Fsp3) is 0.143. The van der Waals surface area contributed by atoms with E-state index in [9.17, 15) is 23.2 Å². The number of benzene rings is 1. The fourth-order valence-corrected chi connectivity index (χ4v) is 3.06. The van der Waals surface area contributed by atoms with Crippen molar-refractivity contribution < 1.29 is 33.0 Å². The summed E-state index contributed by atoms with van der Waals surface area (Å²) in [5.74, 6) is -2.76. The molecule has 1 atom stereocenters. The van der Waals surface area contributed by atoms with Crippen LogP contribution in [0.2, 0.25) is 0 Å². The standard InChI is InChI=1S/C19H15N7O2.C2HF3O2/c1-19(10-20,13-3-2-4-14(7-13)25-18(27)28)26-9-12(8-24-26)16-15-5-6-21-17(15)23-11-22-16;3-2(4,5)1(6)7/h2-9,11,25H,1H3,(H,27,28)(H,21,22,23);(H,6,7). The van der Waals surface area contributed by atoms with E-state index >= 15 is 0 Å². The number of nitriles is 1. The van der Waals surface area contributed by atoms with Crippen LogP contribution in [0.5, 0.6) is 0 Å². The number of aliphatic carboxylic acids is 1. The van der Waals surface area contributed by atoms with Crippen molar-refractivity contribution in [2.45, 2.75) is 18.6 Å². The SMILES string of the molecule is CC(C#N)(c1cccc(NC(=O)O)c1)n1cc(-c2ncnc3[nH]ccc23)cn1.O=C(O)C(F)(F)F. The number of halogens is 3. The van der Waals surface area contributed by atoms with E-state index in [4.69, 9.17) is 15.0 Å². The molecule has 0 saturated heterocycles. The summed E-state index contributed by atoms with van der Waals surface area (Å²) in [4.78, 5) is 31.4. The molecule has 1 unspecified atom stereocenters. The highest BCUT2D eigenvalue weighted by atomic mass is 19.4. The Balaban J connectivity index is 0.000000429. The van der Waals surface area contributed by atoms with Crippen LogP contribution >= 0.6 is 0 Å². The van der Waals surface area contributed by atoms with Crippen LogP contribution < -0.4 is 5.32 Å². The van der Waals surface area contributed by atoms with Crippen LogP contribution in [-0.4, -0.2) is 53.2 Å². The summed E-state index contributed by atoms with van der Waals surface area (Å²) < 4.78 is 33.3. The largest absolute Gasteiger partial charge is 0.490 e. The van der Waals surface area contributed by atoms with Gasteiger partial charge in [-0.15, -0.1) is 0 Å². The average molecular weight is 487 g/mol. The van der Waals surface area contributed by atoms with Crippen molar-refractivity contribution in [1.82, 2.24) is 24.7 Å². The Kier molecular flexibility index (Phi) is 6.72. The Labute approximate surface area is 194 Å². The van der Waals surface area contributed by atoms with Gasteiger partial charge in [0, 0.05) is 29.0 Å². The first-order valence-corrected chi connectivity index (χ1v) is 9.61. The highest BCUT2D eigenvalue weighted by Crippen LogP contribution is 2.30. The zero-order chi connectivity index (χ0) is 25.8. The summed E-state index contributed by atoms with van der Waals surface area (Å²) in [5, 5.41) is 33.5. The summed E-state index contributed by atoms with van der Waals surface area (Å²) in [7, 11) is 0. The Morgan fingerprint density at radius 2 is 1.91 bits per heavy atom. The molecule has 3 heterocycles. The van der Waals surface area contributed by atoms with Crippen molar-refractivity contribution in [2.75, 3.05) is 5.32 Å². The lowest BCUT2D eigenvalue weighted by Crippen LogP contribution is -2.30. The predicted molar refractivity (Wildman–Crippen MR) is 115 cm³/mol. The average Bonchev–Trinajstić information content (AvgIpc) is 3.48. The maximum Gasteiger partial charge on any atom is 0.490 e. The van der Waals surface area contributed by atoms with Gasteiger partial charge in [0.05, 0.1) is 18.0 Å². The van der Waals surface area contributed by atoms with Gasteiger partial charge in [-0.1, -0.05) is 12.1 Å². The lowest BCUT2D eigenvalue weighted by atomic mass is 9.93. The minimum Gasteiger partial charge on any atom is -0.475 e. The molecular formula is C21H16F3N7O4. The number of nitrogens with zero attached hydrogens (tertiary/aromatic N) is 5. The van der Waals surface area contributed by atoms with E-state index in [1.807, 2.05) is 6.07 Å². The van der Waals surface area contributed by atoms with Gasteiger partial charge in [0.25, 0.3) is 0 Å². The van der Waals surface area contributed by atoms with E-state index in [-0.39, 0.29) is 0 Å². The first-order valence-electron chi connectivity index (χ1n) is 9.61. The van der Waals surface area contributed by atoms with Crippen LogP contribution in [0.25, 0.3) is 22.3 Å². The number of aromatic nitrogens is 5. The minimum absolute atomic E-state index is 0.378. The van der Waals surface area contributed by atoms with Crippen molar-refractivity contribution in [1.29, 1.82) is 5.26 Å². The van der Waals surface area contributed by atoms with Crippen molar-refractivity contribution >= 4 is 28.8 Å². The molecule has 14 heteroatoms. The maximum atomic E-state index is 10.9. The van der Waals surface area contributed by atoms with Crippen LogP contribution in [0.15, 0.2) is 55.2 Å². The van der Waals surface area contributed by atoms with Gasteiger partial charge < -0.3 is 15.2 Å². The third-order valence-corrected chi connectivity index (χ3v) is 4.80. The highest BCUT2D eigenvalue weighted by molar-refractivity contribution is 5.90. The normalized spacial score (nSPS) is 12.7. The molecule has 1 amide bonds. The molecule has 3 aromatic heterocycles.